The number of benzene rings is 1. The van der Waals surface area contributed by atoms with Crippen molar-refractivity contribution in [3.05, 3.63) is 28.8 Å². The van der Waals surface area contributed by atoms with Crippen molar-refractivity contribution in [1.29, 1.82) is 0 Å². The van der Waals surface area contributed by atoms with Crippen molar-refractivity contribution in [1.82, 2.24) is 0 Å². The SMILES string of the molecule is Cc1cc(CN)cc(C)c1OCCOC(F)(F)F. The molecule has 6 heteroatoms. The van der Waals surface area contributed by atoms with E-state index in [1.54, 1.807) is 0 Å². The first kappa shape index (κ1) is 14.8. The van der Waals surface area contributed by atoms with Crippen molar-refractivity contribution in [2.45, 2.75) is 26.8 Å². The number of hydrogen-bond donors (Lipinski definition) is 1. The lowest BCUT2D eigenvalue weighted by molar-refractivity contribution is -0.325. The molecule has 0 fully saturated rings. The van der Waals surface area contributed by atoms with Gasteiger partial charge in [-0.15, -0.1) is 13.2 Å². The molecule has 1 aromatic rings. The van der Waals surface area contributed by atoms with E-state index in [1.807, 2.05) is 26.0 Å². The second kappa shape index (κ2) is 6.06. The average Bonchev–Trinajstić information content (AvgIpc) is 2.25. The molecule has 102 valence electrons. The maximum atomic E-state index is 11.7. The maximum absolute atomic E-state index is 11.7. The highest BCUT2D eigenvalue weighted by molar-refractivity contribution is 5.43. The van der Waals surface area contributed by atoms with E-state index in [0.717, 1.165) is 16.7 Å². The number of nitrogens with two attached hydrogens (primary N) is 1. The number of hydrogen-bond acceptors (Lipinski definition) is 3. The molecule has 1 rings (SSSR count). The van der Waals surface area contributed by atoms with Crippen LogP contribution >= 0.6 is 0 Å². The lowest BCUT2D eigenvalue weighted by atomic mass is 10.1. The third-order valence-corrected chi connectivity index (χ3v) is 2.35. The number of alkyl halides is 3. The monoisotopic (exact) mass is 263 g/mol. The van der Waals surface area contributed by atoms with Crippen LogP contribution in [0.1, 0.15) is 16.7 Å². The van der Waals surface area contributed by atoms with Gasteiger partial charge >= 0.3 is 6.36 Å². The van der Waals surface area contributed by atoms with E-state index in [1.165, 1.54) is 0 Å². The summed E-state index contributed by atoms with van der Waals surface area (Å²) < 4.78 is 44.2. The second-order valence-corrected chi connectivity index (χ2v) is 3.91. The van der Waals surface area contributed by atoms with E-state index >= 15 is 0 Å². The summed E-state index contributed by atoms with van der Waals surface area (Å²) in [6.07, 6.45) is -4.61. The van der Waals surface area contributed by atoms with Crippen LogP contribution in [0.2, 0.25) is 0 Å². The van der Waals surface area contributed by atoms with Gasteiger partial charge in [0.1, 0.15) is 12.4 Å². The normalized spacial score (nSPS) is 11.7. The molecule has 1 aromatic carbocycles. The summed E-state index contributed by atoms with van der Waals surface area (Å²) in [5.41, 5.74) is 8.18. The van der Waals surface area contributed by atoms with Crippen molar-refractivity contribution >= 4 is 0 Å². The Bertz CT molecular complexity index is 382. The minimum atomic E-state index is -4.61. The van der Waals surface area contributed by atoms with Gasteiger partial charge in [0.25, 0.3) is 0 Å². The molecule has 3 nitrogen and oxygen atoms in total. The highest BCUT2D eigenvalue weighted by Gasteiger charge is 2.28. The minimum absolute atomic E-state index is 0.150. The van der Waals surface area contributed by atoms with Crippen LogP contribution in [0.3, 0.4) is 0 Å². The predicted molar refractivity (Wildman–Crippen MR) is 61.3 cm³/mol. The Morgan fingerprint density at radius 3 is 2.11 bits per heavy atom. The predicted octanol–water partition coefficient (Wildman–Crippen LogP) is 2.68. The number of aryl methyl sites for hydroxylation is 2. The van der Waals surface area contributed by atoms with Crippen molar-refractivity contribution < 1.29 is 22.6 Å². The van der Waals surface area contributed by atoms with Crippen molar-refractivity contribution in [3.63, 3.8) is 0 Å². The molecule has 0 aromatic heterocycles. The molecule has 0 spiro atoms. The topological polar surface area (TPSA) is 44.5 Å². The molecule has 0 atom stereocenters. The summed E-state index contributed by atoms with van der Waals surface area (Å²) in [6.45, 7) is 3.39. The van der Waals surface area contributed by atoms with Crippen molar-refractivity contribution in [2.75, 3.05) is 13.2 Å². The molecular formula is C12H16F3NO2. The fraction of sp³-hybridized carbons (Fsp3) is 0.500. The first-order valence-electron chi connectivity index (χ1n) is 5.47. The quantitative estimate of drug-likeness (QED) is 0.831. The summed E-state index contributed by atoms with van der Waals surface area (Å²) in [7, 11) is 0. The third kappa shape index (κ3) is 4.54. The van der Waals surface area contributed by atoms with Gasteiger partial charge < -0.3 is 10.5 Å². The van der Waals surface area contributed by atoms with Crippen LogP contribution in [0.4, 0.5) is 13.2 Å². The molecule has 18 heavy (non-hydrogen) atoms. The van der Waals surface area contributed by atoms with Crippen LogP contribution < -0.4 is 10.5 Å². The number of rotatable bonds is 5. The highest BCUT2D eigenvalue weighted by atomic mass is 19.4. The molecule has 0 unspecified atom stereocenters. The van der Waals surface area contributed by atoms with E-state index in [0.29, 0.717) is 12.3 Å². The summed E-state index contributed by atoms with van der Waals surface area (Å²) >= 11 is 0. The zero-order valence-corrected chi connectivity index (χ0v) is 10.3. The molecule has 0 heterocycles. The van der Waals surface area contributed by atoms with E-state index in [-0.39, 0.29) is 6.61 Å². The molecule has 0 aliphatic carbocycles. The minimum Gasteiger partial charge on any atom is -0.491 e. The highest BCUT2D eigenvalue weighted by Crippen LogP contribution is 2.25. The Morgan fingerprint density at radius 2 is 1.67 bits per heavy atom. The van der Waals surface area contributed by atoms with E-state index in [2.05, 4.69) is 4.74 Å². The van der Waals surface area contributed by atoms with Crippen molar-refractivity contribution in [2.24, 2.45) is 5.73 Å². The molecule has 0 bridgehead atoms. The smallest absolute Gasteiger partial charge is 0.491 e. The lowest BCUT2D eigenvalue weighted by Crippen LogP contribution is -2.18. The van der Waals surface area contributed by atoms with E-state index in [4.69, 9.17) is 10.5 Å². The van der Waals surface area contributed by atoms with Crippen LogP contribution in [0.25, 0.3) is 0 Å². The average molecular weight is 263 g/mol. The van der Waals surface area contributed by atoms with Crippen LogP contribution in [-0.4, -0.2) is 19.6 Å². The summed E-state index contributed by atoms with van der Waals surface area (Å²) in [4.78, 5) is 0. The van der Waals surface area contributed by atoms with Gasteiger partial charge in [0.05, 0.1) is 6.61 Å². The van der Waals surface area contributed by atoms with Crippen LogP contribution in [0.5, 0.6) is 5.75 Å². The first-order chi connectivity index (χ1) is 8.33. The molecule has 2 N–H and O–H groups in total. The summed E-state index contributed by atoms with van der Waals surface area (Å²) in [5, 5.41) is 0. The van der Waals surface area contributed by atoms with Gasteiger partial charge in [0.2, 0.25) is 0 Å². The van der Waals surface area contributed by atoms with Crippen LogP contribution in [-0.2, 0) is 11.3 Å². The zero-order valence-electron chi connectivity index (χ0n) is 10.3. The van der Waals surface area contributed by atoms with E-state index in [9.17, 15) is 13.2 Å². The van der Waals surface area contributed by atoms with Gasteiger partial charge in [0.15, 0.2) is 0 Å². The second-order valence-electron chi connectivity index (χ2n) is 3.91. The molecule has 0 saturated heterocycles. The van der Waals surface area contributed by atoms with E-state index < -0.39 is 13.0 Å². The van der Waals surface area contributed by atoms with Crippen LogP contribution in [0, 0.1) is 13.8 Å². The van der Waals surface area contributed by atoms with Gasteiger partial charge in [0, 0.05) is 6.54 Å². The molecule has 0 amide bonds. The molecule has 0 aliphatic rings. The van der Waals surface area contributed by atoms with Gasteiger partial charge in [-0.3, -0.25) is 4.74 Å². The maximum Gasteiger partial charge on any atom is 0.522 e. The Morgan fingerprint density at radius 1 is 1.11 bits per heavy atom. The zero-order chi connectivity index (χ0) is 13.8. The molecule has 0 aliphatic heterocycles. The largest absolute Gasteiger partial charge is 0.522 e. The Balaban J connectivity index is 2.57. The van der Waals surface area contributed by atoms with Crippen molar-refractivity contribution in [3.8, 4) is 5.75 Å². The Kier molecular flexibility index (Phi) is 4.98. The van der Waals surface area contributed by atoms with Gasteiger partial charge in [-0.2, -0.15) is 0 Å². The Labute approximate surface area is 104 Å². The van der Waals surface area contributed by atoms with Gasteiger partial charge in [-0.05, 0) is 30.5 Å². The van der Waals surface area contributed by atoms with Gasteiger partial charge in [-0.25, -0.2) is 0 Å². The fourth-order valence-corrected chi connectivity index (χ4v) is 1.69. The third-order valence-electron chi connectivity index (χ3n) is 2.35. The fourth-order valence-electron chi connectivity index (χ4n) is 1.69. The Hall–Kier alpha value is -1.27. The summed E-state index contributed by atoms with van der Waals surface area (Å²) in [6, 6.07) is 3.71. The number of halogens is 3. The first-order valence-corrected chi connectivity index (χ1v) is 5.47. The summed E-state index contributed by atoms with van der Waals surface area (Å²) in [5.74, 6) is 0.581. The molecule has 0 saturated carbocycles. The van der Waals surface area contributed by atoms with Crippen LogP contribution in [0.15, 0.2) is 12.1 Å². The molecular weight excluding hydrogens is 247 g/mol. The van der Waals surface area contributed by atoms with Gasteiger partial charge in [-0.1, -0.05) is 12.1 Å². The number of ether oxygens (including phenoxy) is 2. The molecule has 0 radical (unpaired) electrons. The lowest BCUT2D eigenvalue weighted by Gasteiger charge is -2.14. The standard InChI is InChI=1S/C12H16F3NO2/c1-8-5-10(7-16)6-9(2)11(8)17-3-4-18-12(13,14)15/h5-6H,3-4,7,16H2,1-2H3.